The molecule has 142 valence electrons. The number of hydrogen-bond donors (Lipinski definition) is 1. The minimum absolute atomic E-state index is 0.165. The highest BCUT2D eigenvalue weighted by atomic mass is 16.3. The molecule has 0 unspecified atom stereocenters. The highest BCUT2D eigenvalue weighted by Crippen LogP contribution is 2.33. The van der Waals surface area contributed by atoms with Crippen molar-refractivity contribution in [1.29, 1.82) is 0 Å². The van der Waals surface area contributed by atoms with E-state index in [-0.39, 0.29) is 12.1 Å². The zero-order valence-electron chi connectivity index (χ0n) is 16.1. The monoisotopic (exact) mass is 359 g/mol. The second kappa shape index (κ2) is 6.75. The molecule has 4 heterocycles. The number of β-amino-alcohol motifs (C(OH)–C–C–N with tert-alkyl or cyclic N) is 1. The van der Waals surface area contributed by atoms with Gasteiger partial charge in [-0.05, 0) is 27.2 Å². The first kappa shape index (κ1) is 17.6. The number of aromatic nitrogens is 5. The predicted molar refractivity (Wildman–Crippen MR) is 97.3 cm³/mol. The van der Waals surface area contributed by atoms with E-state index in [4.69, 9.17) is 0 Å². The van der Waals surface area contributed by atoms with E-state index in [0.29, 0.717) is 6.04 Å². The Hall–Kier alpha value is -1.77. The van der Waals surface area contributed by atoms with E-state index in [2.05, 4.69) is 56.6 Å². The average Bonchev–Trinajstić information content (AvgIpc) is 3.24. The Bertz CT molecular complexity index is 781. The van der Waals surface area contributed by atoms with Crippen LogP contribution in [0.15, 0.2) is 6.20 Å². The molecule has 1 saturated heterocycles. The summed E-state index contributed by atoms with van der Waals surface area (Å²) in [7, 11) is 1.96. The second-order valence-corrected chi connectivity index (χ2v) is 7.95. The van der Waals surface area contributed by atoms with E-state index < -0.39 is 0 Å². The summed E-state index contributed by atoms with van der Waals surface area (Å²) in [5.41, 5.74) is 2.36. The molecule has 0 saturated carbocycles. The zero-order chi connectivity index (χ0) is 18.4. The quantitative estimate of drug-likeness (QED) is 0.872. The van der Waals surface area contributed by atoms with Gasteiger partial charge in [0, 0.05) is 51.0 Å². The first-order valence-corrected chi connectivity index (χ1v) is 9.49. The molecule has 0 aliphatic carbocycles. The number of likely N-dealkylation sites (tertiary alicyclic amines) is 1. The van der Waals surface area contributed by atoms with E-state index in [1.807, 2.05) is 11.7 Å². The molecule has 0 amide bonds. The van der Waals surface area contributed by atoms with Crippen molar-refractivity contribution in [3.05, 3.63) is 29.1 Å². The van der Waals surface area contributed by atoms with Crippen molar-refractivity contribution < 1.29 is 5.11 Å². The third-order valence-corrected chi connectivity index (χ3v) is 5.65. The minimum atomic E-state index is -0.274. The van der Waals surface area contributed by atoms with Gasteiger partial charge in [0.05, 0.1) is 24.4 Å². The molecular formula is C18H29N7O. The Morgan fingerprint density at radius 3 is 2.77 bits per heavy atom. The van der Waals surface area contributed by atoms with Gasteiger partial charge in [-0.3, -0.25) is 14.5 Å². The lowest BCUT2D eigenvalue weighted by Crippen LogP contribution is -2.36. The van der Waals surface area contributed by atoms with Gasteiger partial charge in [-0.25, -0.2) is 0 Å². The van der Waals surface area contributed by atoms with Crippen LogP contribution in [0.4, 0.5) is 0 Å². The van der Waals surface area contributed by atoms with Gasteiger partial charge in [-0.2, -0.15) is 5.10 Å². The van der Waals surface area contributed by atoms with Crippen molar-refractivity contribution in [2.45, 2.75) is 65.0 Å². The molecule has 1 N–H and O–H groups in total. The number of nitrogens with zero attached hydrogens (tertiary/aromatic N) is 7. The first-order chi connectivity index (χ1) is 12.4. The molecule has 2 aliphatic rings. The topological polar surface area (TPSA) is 75.2 Å². The Morgan fingerprint density at radius 1 is 1.27 bits per heavy atom. The summed E-state index contributed by atoms with van der Waals surface area (Å²) in [6.07, 6.45) is 2.57. The summed E-state index contributed by atoms with van der Waals surface area (Å²) in [6, 6.07) is 0.553. The van der Waals surface area contributed by atoms with Gasteiger partial charge in [-0.15, -0.1) is 10.2 Å². The Kier molecular flexibility index (Phi) is 4.58. The fraction of sp³-hybridized carbons (Fsp3) is 0.722. The number of hydrogen-bond acceptors (Lipinski definition) is 6. The van der Waals surface area contributed by atoms with Crippen LogP contribution in [0.1, 0.15) is 49.2 Å². The van der Waals surface area contributed by atoms with Crippen LogP contribution in [0.25, 0.3) is 0 Å². The molecule has 1 fully saturated rings. The molecular weight excluding hydrogens is 330 g/mol. The highest BCUT2D eigenvalue weighted by Gasteiger charge is 2.37. The summed E-state index contributed by atoms with van der Waals surface area (Å²) in [5.74, 6) is 2.04. The molecule has 2 aliphatic heterocycles. The Morgan fingerprint density at radius 2 is 2.08 bits per heavy atom. The molecule has 26 heavy (non-hydrogen) atoms. The minimum Gasteiger partial charge on any atom is -0.392 e. The van der Waals surface area contributed by atoms with Crippen LogP contribution in [0.2, 0.25) is 0 Å². The van der Waals surface area contributed by atoms with Crippen LogP contribution in [0.3, 0.4) is 0 Å². The maximum absolute atomic E-state index is 10.1. The van der Waals surface area contributed by atoms with Crippen LogP contribution in [0, 0.1) is 6.92 Å². The summed E-state index contributed by atoms with van der Waals surface area (Å²) >= 11 is 0. The average molecular weight is 359 g/mol. The van der Waals surface area contributed by atoms with Crippen molar-refractivity contribution in [1.82, 2.24) is 34.3 Å². The van der Waals surface area contributed by atoms with Crippen molar-refractivity contribution >= 4 is 0 Å². The van der Waals surface area contributed by atoms with Crippen LogP contribution in [-0.2, 0) is 26.7 Å². The molecule has 2 aromatic rings. The second-order valence-electron chi connectivity index (χ2n) is 7.95. The number of rotatable bonds is 4. The molecule has 2 aromatic heterocycles. The van der Waals surface area contributed by atoms with E-state index in [1.165, 1.54) is 5.56 Å². The zero-order valence-corrected chi connectivity index (χ0v) is 16.1. The summed E-state index contributed by atoms with van der Waals surface area (Å²) < 4.78 is 4.14. The van der Waals surface area contributed by atoms with Gasteiger partial charge < -0.3 is 9.67 Å². The SMILES string of the molecule is Cc1nn(C)cc1CN1CCn2c(nnc2[C@@H]2C[C@H](O)CN2C(C)C)C1. The lowest BCUT2D eigenvalue weighted by molar-refractivity contribution is 0.155. The lowest BCUT2D eigenvalue weighted by Gasteiger charge is -2.31. The van der Waals surface area contributed by atoms with E-state index in [0.717, 1.165) is 56.5 Å². The van der Waals surface area contributed by atoms with E-state index in [1.54, 1.807) is 0 Å². The molecule has 0 radical (unpaired) electrons. The third-order valence-electron chi connectivity index (χ3n) is 5.65. The normalized spacial score (nSPS) is 24.5. The maximum atomic E-state index is 10.1. The fourth-order valence-corrected chi connectivity index (χ4v) is 4.32. The number of fused-ring (bicyclic) bond motifs is 1. The van der Waals surface area contributed by atoms with Crippen LogP contribution >= 0.6 is 0 Å². The standard InChI is InChI=1S/C18H29N7O/c1-12(2)25-10-15(26)7-16(25)18-20-19-17-11-23(5-6-24(17)18)9-14-8-22(4)21-13(14)3/h8,12,15-16,26H,5-7,9-11H2,1-4H3/t15-,16-/m0/s1. The predicted octanol–water partition coefficient (Wildman–Crippen LogP) is 0.852. The number of aliphatic hydroxyl groups excluding tert-OH is 1. The fourth-order valence-electron chi connectivity index (χ4n) is 4.32. The van der Waals surface area contributed by atoms with Crippen molar-refractivity contribution in [3.63, 3.8) is 0 Å². The van der Waals surface area contributed by atoms with Gasteiger partial charge in [0.1, 0.15) is 5.82 Å². The van der Waals surface area contributed by atoms with Crippen LogP contribution in [0.5, 0.6) is 0 Å². The van der Waals surface area contributed by atoms with Gasteiger partial charge in [0.15, 0.2) is 5.82 Å². The summed E-state index contributed by atoms with van der Waals surface area (Å²) in [6.45, 7) is 10.7. The Labute approximate surface area is 154 Å². The third kappa shape index (κ3) is 3.17. The molecule has 2 atom stereocenters. The van der Waals surface area contributed by atoms with E-state index in [9.17, 15) is 5.11 Å². The molecule has 4 rings (SSSR count). The van der Waals surface area contributed by atoms with Crippen molar-refractivity contribution in [2.24, 2.45) is 7.05 Å². The van der Waals surface area contributed by atoms with Crippen LogP contribution in [-0.4, -0.2) is 64.7 Å². The van der Waals surface area contributed by atoms with Crippen molar-refractivity contribution in [3.8, 4) is 0 Å². The highest BCUT2D eigenvalue weighted by molar-refractivity contribution is 5.16. The summed E-state index contributed by atoms with van der Waals surface area (Å²) in [4.78, 5) is 4.74. The summed E-state index contributed by atoms with van der Waals surface area (Å²) in [5, 5.41) is 23.6. The lowest BCUT2D eigenvalue weighted by atomic mass is 10.1. The molecule has 0 spiro atoms. The largest absolute Gasteiger partial charge is 0.392 e. The maximum Gasteiger partial charge on any atom is 0.150 e. The smallest absolute Gasteiger partial charge is 0.150 e. The first-order valence-electron chi connectivity index (χ1n) is 9.49. The number of aryl methyl sites for hydroxylation is 2. The molecule has 8 heteroatoms. The Balaban J connectivity index is 1.51. The van der Waals surface area contributed by atoms with Gasteiger partial charge >= 0.3 is 0 Å². The molecule has 0 aromatic carbocycles. The van der Waals surface area contributed by atoms with Gasteiger partial charge in [-0.1, -0.05) is 0 Å². The van der Waals surface area contributed by atoms with Gasteiger partial charge in [0.2, 0.25) is 0 Å². The number of aliphatic hydroxyl groups is 1. The molecule has 0 bridgehead atoms. The van der Waals surface area contributed by atoms with Crippen molar-refractivity contribution in [2.75, 3.05) is 13.1 Å². The van der Waals surface area contributed by atoms with Crippen LogP contribution < -0.4 is 0 Å². The van der Waals surface area contributed by atoms with Gasteiger partial charge in [0.25, 0.3) is 0 Å². The van der Waals surface area contributed by atoms with E-state index >= 15 is 0 Å². The molecule has 8 nitrogen and oxygen atoms in total.